The summed E-state index contributed by atoms with van der Waals surface area (Å²) in [6, 6.07) is 15.2. The van der Waals surface area contributed by atoms with E-state index >= 15 is 0 Å². The first-order chi connectivity index (χ1) is 9.86. The molecule has 2 aromatic rings. The van der Waals surface area contributed by atoms with Gasteiger partial charge in [-0.2, -0.15) is 0 Å². The van der Waals surface area contributed by atoms with Gasteiger partial charge >= 0.3 is 0 Å². The summed E-state index contributed by atoms with van der Waals surface area (Å²) in [5.74, 6) is 0. The molecule has 0 aliphatic heterocycles. The summed E-state index contributed by atoms with van der Waals surface area (Å²) in [7, 11) is 0. The Morgan fingerprint density at radius 3 is 2.33 bits per heavy atom. The van der Waals surface area contributed by atoms with Crippen molar-refractivity contribution in [3.05, 3.63) is 63.9 Å². The van der Waals surface area contributed by atoms with Crippen LogP contribution in [0.15, 0.2) is 47.1 Å². The van der Waals surface area contributed by atoms with Crippen molar-refractivity contribution in [2.24, 2.45) is 0 Å². The number of hydrogen-bond donors (Lipinski definition) is 1. The molecule has 0 amide bonds. The molecular weight excluding hydrogens is 324 g/mol. The van der Waals surface area contributed by atoms with Crippen LogP contribution in [0.1, 0.15) is 50.6 Å². The highest BCUT2D eigenvalue weighted by Gasteiger charge is 2.14. The van der Waals surface area contributed by atoms with Gasteiger partial charge in [-0.1, -0.05) is 51.1 Å². The molecule has 3 heteroatoms. The number of nitrogens with one attached hydrogen (secondary N) is 1. The molecule has 2 rings (SSSR count). The maximum Gasteiger partial charge on any atom is 0.106 e. The van der Waals surface area contributed by atoms with Crippen molar-refractivity contribution < 1.29 is 0 Å². The van der Waals surface area contributed by atoms with Crippen LogP contribution in [0.25, 0.3) is 0 Å². The van der Waals surface area contributed by atoms with E-state index < -0.39 is 0 Å². The van der Waals surface area contributed by atoms with E-state index in [-0.39, 0.29) is 5.41 Å². The van der Waals surface area contributed by atoms with Crippen LogP contribution in [-0.2, 0) is 12.0 Å². The fourth-order valence-electron chi connectivity index (χ4n) is 2.20. The van der Waals surface area contributed by atoms with Gasteiger partial charge in [0.05, 0.1) is 5.69 Å². The number of hydrogen-bond acceptors (Lipinski definition) is 2. The molecule has 0 radical (unpaired) electrons. The lowest BCUT2D eigenvalue weighted by molar-refractivity contribution is 0.563. The molecule has 0 fully saturated rings. The summed E-state index contributed by atoms with van der Waals surface area (Å²) in [6.45, 7) is 9.67. The smallest absolute Gasteiger partial charge is 0.106 e. The van der Waals surface area contributed by atoms with Gasteiger partial charge in [-0.15, -0.1) is 0 Å². The summed E-state index contributed by atoms with van der Waals surface area (Å²) >= 11 is 3.40. The molecule has 0 saturated carbocycles. The molecule has 1 atom stereocenters. The van der Waals surface area contributed by atoms with Crippen LogP contribution in [0.3, 0.4) is 0 Å². The van der Waals surface area contributed by atoms with E-state index in [1.807, 2.05) is 18.2 Å². The largest absolute Gasteiger partial charge is 0.305 e. The molecule has 0 bridgehead atoms. The minimum absolute atomic E-state index is 0.204. The summed E-state index contributed by atoms with van der Waals surface area (Å²) < 4.78 is 0.879. The summed E-state index contributed by atoms with van der Waals surface area (Å²) in [4.78, 5) is 4.44. The van der Waals surface area contributed by atoms with E-state index in [1.165, 1.54) is 11.1 Å². The number of nitrogens with zero attached hydrogens (tertiary/aromatic N) is 1. The second-order valence-corrected chi connectivity index (χ2v) is 7.24. The van der Waals surface area contributed by atoms with Crippen molar-refractivity contribution in [3.63, 3.8) is 0 Å². The minimum Gasteiger partial charge on any atom is -0.305 e. The fourth-order valence-corrected chi connectivity index (χ4v) is 2.58. The maximum absolute atomic E-state index is 4.44. The van der Waals surface area contributed by atoms with Gasteiger partial charge < -0.3 is 5.32 Å². The number of halogens is 1. The molecule has 1 heterocycles. The van der Waals surface area contributed by atoms with Gasteiger partial charge in [0.2, 0.25) is 0 Å². The summed E-state index contributed by atoms with van der Waals surface area (Å²) in [5, 5.41) is 3.52. The first kappa shape index (κ1) is 16.2. The molecule has 21 heavy (non-hydrogen) atoms. The van der Waals surface area contributed by atoms with E-state index in [1.54, 1.807) is 0 Å². The van der Waals surface area contributed by atoms with Crippen LogP contribution < -0.4 is 5.32 Å². The van der Waals surface area contributed by atoms with Gasteiger partial charge in [-0.3, -0.25) is 0 Å². The minimum atomic E-state index is 0.204. The highest BCUT2D eigenvalue weighted by molar-refractivity contribution is 9.10. The van der Waals surface area contributed by atoms with Crippen molar-refractivity contribution in [2.45, 2.75) is 45.7 Å². The zero-order valence-electron chi connectivity index (χ0n) is 13.2. The molecule has 0 aliphatic carbocycles. The molecule has 112 valence electrons. The quantitative estimate of drug-likeness (QED) is 0.788. The van der Waals surface area contributed by atoms with E-state index in [0.717, 1.165) is 16.8 Å². The Morgan fingerprint density at radius 2 is 1.76 bits per heavy atom. The van der Waals surface area contributed by atoms with Crippen molar-refractivity contribution in [2.75, 3.05) is 0 Å². The zero-order chi connectivity index (χ0) is 15.5. The lowest BCUT2D eigenvalue weighted by atomic mass is 9.86. The Bertz CT molecular complexity index is 585. The lowest BCUT2D eigenvalue weighted by Gasteiger charge is -2.20. The molecule has 2 nitrogen and oxygen atoms in total. The standard InChI is InChI=1S/C18H23BrN2/c1-13(20-12-16-6-5-7-17(19)21-16)14-8-10-15(11-9-14)18(2,3)4/h5-11,13,20H,12H2,1-4H3. The van der Waals surface area contributed by atoms with Gasteiger partial charge in [0.1, 0.15) is 4.60 Å². The Kier molecular flexibility index (Phi) is 5.17. The van der Waals surface area contributed by atoms with Crippen LogP contribution >= 0.6 is 15.9 Å². The molecule has 1 unspecified atom stereocenters. The predicted octanol–water partition coefficient (Wildman–Crippen LogP) is 4.99. The lowest BCUT2D eigenvalue weighted by Crippen LogP contribution is -2.19. The Morgan fingerprint density at radius 1 is 1.10 bits per heavy atom. The molecule has 0 aliphatic rings. The van der Waals surface area contributed by atoms with E-state index in [0.29, 0.717) is 6.04 Å². The molecule has 0 saturated heterocycles. The van der Waals surface area contributed by atoms with Crippen LogP contribution in [-0.4, -0.2) is 4.98 Å². The van der Waals surface area contributed by atoms with Gasteiger partial charge in [0, 0.05) is 12.6 Å². The zero-order valence-corrected chi connectivity index (χ0v) is 14.7. The van der Waals surface area contributed by atoms with Crippen molar-refractivity contribution in [1.29, 1.82) is 0 Å². The molecule has 1 N–H and O–H groups in total. The third-order valence-corrected chi connectivity index (χ3v) is 4.08. The third-order valence-electron chi connectivity index (χ3n) is 3.64. The van der Waals surface area contributed by atoms with Crippen molar-refractivity contribution in [1.82, 2.24) is 10.3 Å². The number of pyridine rings is 1. The normalized spacial score (nSPS) is 13.2. The van der Waals surface area contributed by atoms with Gasteiger partial charge in [0.25, 0.3) is 0 Å². The summed E-state index contributed by atoms with van der Waals surface area (Å²) in [6.07, 6.45) is 0. The number of rotatable bonds is 4. The number of aromatic nitrogens is 1. The molecule has 1 aromatic carbocycles. The SMILES string of the molecule is CC(NCc1cccc(Br)n1)c1ccc(C(C)(C)C)cc1. The second kappa shape index (κ2) is 6.71. The van der Waals surface area contributed by atoms with Gasteiger partial charge in [-0.25, -0.2) is 4.98 Å². The van der Waals surface area contributed by atoms with Crippen LogP contribution in [0.2, 0.25) is 0 Å². The van der Waals surface area contributed by atoms with Gasteiger partial charge in [0.15, 0.2) is 0 Å². The van der Waals surface area contributed by atoms with Crippen molar-refractivity contribution in [3.8, 4) is 0 Å². The number of benzene rings is 1. The average molecular weight is 347 g/mol. The highest BCUT2D eigenvalue weighted by Crippen LogP contribution is 2.24. The first-order valence-electron chi connectivity index (χ1n) is 7.31. The van der Waals surface area contributed by atoms with E-state index in [4.69, 9.17) is 0 Å². The monoisotopic (exact) mass is 346 g/mol. The van der Waals surface area contributed by atoms with Gasteiger partial charge in [-0.05, 0) is 51.5 Å². The Balaban J connectivity index is 1.99. The van der Waals surface area contributed by atoms with Crippen LogP contribution in [0.4, 0.5) is 0 Å². The molecule has 0 spiro atoms. The highest BCUT2D eigenvalue weighted by atomic mass is 79.9. The maximum atomic E-state index is 4.44. The van der Waals surface area contributed by atoms with E-state index in [9.17, 15) is 0 Å². The fraction of sp³-hybridized carbons (Fsp3) is 0.389. The summed E-state index contributed by atoms with van der Waals surface area (Å²) in [5.41, 5.74) is 3.92. The topological polar surface area (TPSA) is 24.9 Å². The van der Waals surface area contributed by atoms with Crippen molar-refractivity contribution >= 4 is 15.9 Å². The van der Waals surface area contributed by atoms with Crippen LogP contribution in [0, 0.1) is 0 Å². The average Bonchev–Trinajstić information content (AvgIpc) is 2.44. The Labute approximate surface area is 136 Å². The van der Waals surface area contributed by atoms with Crippen LogP contribution in [0.5, 0.6) is 0 Å². The molecular formula is C18H23BrN2. The van der Waals surface area contributed by atoms with E-state index in [2.05, 4.69) is 78.2 Å². The predicted molar refractivity (Wildman–Crippen MR) is 92.3 cm³/mol. The Hall–Kier alpha value is -1.19. The second-order valence-electron chi connectivity index (χ2n) is 6.43. The molecule has 1 aromatic heterocycles. The first-order valence-corrected chi connectivity index (χ1v) is 8.11. The third kappa shape index (κ3) is 4.65.